The highest BCUT2D eigenvalue weighted by molar-refractivity contribution is 7.89. The number of nitrogens with two attached hydrogens (primary N) is 1. The van der Waals surface area contributed by atoms with Crippen molar-refractivity contribution in [2.24, 2.45) is 5.73 Å². The predicted octanol–water partition coefficient (Wildman–Crippen LogP) is 0.722. The third kappa shape index (κ3) is 2.80. The van der Waals surface area contributed by atoms with Gasteiger partial charge in [-0.1, -0.05) is 6.08 Å². The minimum atomic E-state index is -3.50. The molecule has 2 rings (SSSR count). The van der Waals surface area contributed by atoms with Crippen LogP contribution in [0.15, 0.2) is 29.7 Å². The molecule has 6 heteroatoms. The summed E-state index contributed by atoms with van der Waals surface area (Å²) in [6.07, 6.45) is 2.09. The van der Waals surface area contributed by atoms with Crippen LogP contribution in [0, 0.1) is 6.92 Å². The molecule has 1 aliphatic rings. The summed E-state index contributed by atoms with van der Waals surface area (Å²) in [7, 11) is -3.50. The first kappa shape index (κ1) is 14.0. The Bertz CT molecular complexity index is 596. The lowest BCUT2D eigenvalue weighted by Crippen LogP contribution is -2.24. The average Bonchev–Trinajstić information content (AvgIpc) is 2.80. The van der Waals surface area contributed by atoms with E-state index < -0.39 is 10.0 Å². The zero-order chi connectivity index (χ0) is 14.0. The molecule has 0 aliphatic carbocycles. The minimum Gasteiger partial charge on any atom is -0.488 e. The molecule has 5 nitrogen and oxygen atoms in total. The van der Waals surface area contributed by atoms with E-state index in [0.717, 1.165) is 16.9 Å². The SMILES string of the molecule is C=CCNS(=O)(=O)c1cc(C)c2c(c1)CC(CN)O2. The monoisotopic (exact) mass is 282 g/mol. The molecule has 0 aromatic heterocycles. The smallest absolute Gasteiger partial charge is 0.240 e. The van der Waals surface area contributed by atoms with E-state index in [-0.39, 0.29) is 17.5 Å². The molecule has 19 heavy (non-hydrogen) atoms. The van der Waals surface area contributed by atoms with E-state index in [2.05, 4.69) is 11.3 Å². The molecule has 0 saturated heterocycles. The topological polar surface area (TPSA) is 81.4 Å². The van der Waals surface area contributed by atoms with Crippen molar-refractivity contribution >= 4 is 10.0 Å². The largest absolute Gasteiger partial charge is 0.488 e. The van der Waals surface area contributed by atoms with Crippen LogP contribution in [0.5, 0.6) is 5.75 Å². The van der Waals surface area contributed by atoms with Gasteiger partial charge < -0.3 is 10.5 Å². The summed E-state index contributed by atoms with van der Waals surface area (Å²) in [6.45, 7) is 5.96. The number of ether oxygens (including phenoxy) is 1. The van der Waals surface area contributed by atoms with Gasteiger partial charge in [-0.2, -0.15) is 0 Å². The van der Waals surface area contributed by atoms with Gasteiger partial charge in [0.1, 0.15) is 11.9 Å². The van der Waals surface area contributed by atoms with E-state index in [1.165, 1.54) is 6.08 Å². The summed E-state index contributed by atoms with van der Waals surface area (Å²) < 4.78 is 32.3. The molecular weight excluding hydrogens is 264 g/mol. The van der Waals surface area contributed by atoms with Gasteiger partial charge in [0.2, 0.25) is 10.0 Å². The van der Waals surface area contributed by atoms with Crippen LogP contribution in [-0.4, -0.2) is 27.6 Å². The van der Waals surface area contributed by atoms with E-state index in [4.69, 9.17) is 10.5 Å². The molecule has 1 heterocycles. The van der Waals surface area contributed by atoms with Crippen molar-refractivity contribution in [2.75, 3.05) is 13.1 Å². The maximum atomic E-state index is 12.1. The summed E-state index contributed by atoms with van der Waals surface area (Å²) in [6, 6.07) is 3.27. The molecule has 1 atom stereocenters. The first-order chi connectivity index (χ1) is 8.97. The van der Waals surface area contributed by atoms with E-state index in [1.54, 1.807) is 12.1 Å². The fourth-order valence-corrected chi connectivity index (χ4v) is 3.26. The highest BCUT2D eigenvalue weighted by atomic mass is 32.2. The molecule has 0 spiro atoms. The van der Waals surface area contributed by atoms with E-state index in [1.807, 2.05) is 6.92 Å². The predicted molar refractivity (Wildman–Crippen MR) is 73.7 cm³/mol. The first-order valence-electron chi connectivity index (χ1n) is 6.08. The molecule has 1 aromatic rings. The molecule has 1 aliphatic heterocycles. The van der Waals surface area contributed by atoms with Crippen LogP contribution in [0.4, 0.5) is 0 Å². The molecule has 0 bridgehead atoms. The van der Waals surface area contributed by atoms with Gasteiger partial charge in [0.15, 0.2) is 0 Å². The molecule has 0 amide bonds. The molecule has 0 radical (unpaired) electrons. The van der Waals surface area contributed by atoms with Crippen molar-refractivity contribution in [1.29, 1.82) is 0 Å². The number of fused-ring (bicyclic) bond motifs is 1. The number of hydrogen-bond acceptors (Lipinski definition) is 4. The van der Waals surface area contributed by atoms with Gasteiger partial charge in [0, 0.05) is 19.5 Å². The summed E-state index contributed by atoms with van der Waals surface area (Å²) in [5.41, 5.74) is 7.30. The summed E-state index contributed by atoms with van der Waals surface area (Å²) >= 11 is 0. The van der Waals surface area contributed by atoms with Crippen LogP contribution in [0.3, 0.4) is 0 Å². The first-order valence-corrected chi connectivity index (χ1v) is 7.57. The number of benzene rings is 1. The van der Waals surface area contributed by atoms with Gasteiger partial charge >= 0.3 is 0 Å². The lowest BCUT2D eigenvalue weighted by atomic mass is 10.1. The fourth-order valence-electron chi connectivity index (χ4n) is 2.12. The molecular formula is C13H18N2O3S. The van der Waals surface area contributed by atoms with Gasteiger partial charge in [-0.3, -0.25) is 0 Å². The van der Waals surface area contributed by atoms with Crippen molar-refractivity contribution in [3.63, 3.8) is 0 Å². The maximum absolute atomic E-state index is 12.1. The minimum absolute atomic E-state index is 0.0622. The van der Waals surface area contributed by atoms with Crippen molar-refractivity contribution in [3.8, 4) is 5.75 Å². The fraction of sp³-hybridized carbons (Fsp3) is 0.385. The zero-order valence-corrected chi connectivity index (χ0v) is 11.7. The Balaban J connectivity index is 2.36. The van der Waals surface area contributed by atoms with E-state index in [9.17, 15) is 8.42 Å². The van der Waals surface area contributed by atoms with E-state index >= 15 is 0 Å². The summed E-state index contributed by atoms with van der Waals surface area (Å²) in [5.74, 6) is 0.762. The quantitative estimate of drug-likeness (QED) is 0.780. The average molecular weight is 282 g/mol. The van der Waals surface area contributed by atoms with Gasteiger partial charge in [-0.05, 0) is 30.2 Å². The Hall–Kier alpha value is -1.37. The molecule has 0 fully saturated rings. The summed E-state index contributed by atoms with van der Waals surface area (Å²) in [5, 5.41) is 0. The van der Waals surface area contributed by atoms with Crippen LogP contribution in [0.2, 0.25) is 0 Å². The highest BCUT2D eigenvalue weighted by Crippen LogP contribution is 2.34. The number of nitrogens with one attached hydrogen (secondary N) is 1. The molecule has 3 N–H and O–H groups in total. The standard InChI is InChI=1S/C13H18N2O3S/c1-3-4-15-19(16,17)12-5-9(2)13-10(7-12)6-11(8-14)18-13/h3,5,7,11,15H,1,4,6,8,14H2,2H3. The Morgan fingerprint density at radius 1 is 1.58 bits per heavy atom. The third-order valence-electron chi connectivity index (χ3n) is 3.05. The Morgan fingerprint density at radius 3 is 2.95 bits per heavy atom. The van der Waals surface area contributed by atoms with Crippen molar-refractivity contribution < 1.29 is 13.2 Å². The molecule has 1 unspecified atom stereocenters. The summed E-state index contributed by atoms with van der Waals surface area (Å²) in [4.78, 5) is 0.256. The van der Waals surface area contributed by atoms with Crippen LogP contribution in [0.25, 0.3) is 0 Å². The van der Waals surface area contributed by atoms with Crippen LogP contribution >= 0.6 is 0 Å². The third-order valence-corrected chi connectivity index (χ3v) is 4.45. The second-order valence-electron chi connectivity index (χ2n) is 4.55. The van der Waals surface area contributed by atoms with Crippen LogP contribution < -0.4 is 15.2 Å². The van der Waals surface area contributed by atoms with Crippen LogP contribution in [0.1, 0.15) is 11.1 Å². The number of aryl methyl sites for hydroxylation is 1. The van der Waals surface area contributed by atoms with Crippen LogP contribution in [-0.2, 0) is 16.4 Å². The van der Waals surface area contributed by atoms with E-state index in [0.29, 0.717) is 13.0 Å². The molecule has 104 valence electrons. The van der Waals surface area contributed by atoms with Gasteiger partial charge in [-0.15, -0.1) is 6.58 Å². The molecule has 0 saturated carbocycles. The number of hydrogen-bond donors (Lipinski definition) is 2. The normalized spacial score (nSPS) is 17.9. The highest BCUT2D eigenvalue weighted by Gasteiger charge is 2.26. The van der Waals surface area contributed by atoms with Crippen molar-refractivity contribution in [1.82, 2.24) is 4.72 Å². The molecule has 1 aromatic carbocycles. The Labute approximate surface area is 113 Å². The lowest BCUT2D eigenvalue weighted by Gasteiger charge is -2.10. The maximum Gasteiger partial charge on any atom is 0.240 e. The van der Waals surface area contributed by atoms with Crippen molar-refractivity contribution in [2.45, 2.75) is 24.3 Å². The van der Waals surface area contributed by atoms with Gasteiger partial charge in [0.25, 0.3) is 0 Å². The Kier molecular flexibility index (Phi) is 3.93. The van der Waals surface area contributed by atoms with Crippen molar-refractivity contribution in [3.05, 3.63) is 35.9 Å². The Morgan fingerprint density at radius 2 is 2.32 bits per heavy atom. The number of sulfonamides is 1. The lowest BCUT2D eigenvalue weighted by molar-refractivity contribution is 0.240. The second kappa shape index (κ2) is 5.32. The van der Waals surface area contributed by atoms with Gasteiger partial charge in [0.05, 0.1) is 4.90 Å². The van der Waals surface area contributed by atoms with Gasteiger partial charge in [-0.25, -0.2) is 13.1 Å². The second-order valence-corrected chi connectivity index (χ2v) is 6.32. The zero-order valence-electron chi connectivity index (χ0n) is 10.8. The number of rotatable bonds is 5.